The van der Waals surface area contributed by atoms with Gasteiger partial charge in [0.2, 0.25) is 5.95 Å². The number of halogens is 3. The molecule has 0 saturated carbocycles. The fraction of sp³-hybridized carbons (Fsp3) is 0.607. The molecule has 2 fully saturated rings. The minimum Gasteiger partial charge on any atom is -0.444 e. The largest absolute Gasteiger partial charge is 0.444 e. The highest BCUT2D eigenvalue weighted by Crippen LogP contribution is 2.35. The molecule has 0 radical (unpaired) electrons. The van der Waals surface area contributed by atoms with Crippen molar-refractivity contribution >= 4 is 52.7 Å². The van der Waals surface area contributed by atoms with Crippen molar-refractivity contribution in [1.82, 2.24) is 14.9 Å². The summed E-state index contributed by atoms with van der Waals surface area (Å²) in [7, 11) is 0. The van der Waals surface area contributed by atoms with E-state index in [2.05, 4.69) is 10.2 Å². The number of benzene rings is 1. The van der Waals surface area contributed by atoms with Gasteiger partial charge in [0, 0.05) is 36.2 Å². The van der Waals surface area contributed by atoms with E-state index >= 15 is 0 Å². The molecule has 0 spiro atoms. The summed E-state index contributed by atoms with van der Waals surface area (Å²) in [5.41, 5.74) is 1.17. The van der Waals surface area contributed by atoms with Gasteiger partial charge in [-0.25, -0.2) is 9.78 Å². The second kappa shape index (κ2) is 12.1. The average molecular weight is 583 g/mol. The Morgan fingerprint density at radius 3 is 2.45 bits per heavy atom. The number of piperidine rings is 2. The quantitative estimate of drug-likeness (QED) is 0.388. The lowest BCUT2D eigenvalue weighted by molar-refractivity contribution is 0.0119. The van der Waals surface area contributed by atoms with E-state index in [-0.39, 0.29) is 12.1 Å². The molecule has 1 unspecified atom stereocenters. The number of nitrogens with one attached hydrogen (secondary N) is 1. The van der Waals surface area contributed by atoms with Gasteiger partial charge in [-0.15, -0.1) is 0 Å². The fourth-order valence-corrected chi connectivity index (χ4v) is 6.09. The van der Waals surface area contributed by atoms with Gasteiger partial charge < -0.3 is 19.9 Å². The Bertz CT molecular complexity index is 1150. The van der Waals surface area contributed by atoms with Crippen molar-refractivity contribution in [3.05, 3.63) is 44.5 Å². The van der Waals surface area contributed by atoms with E-state index in [1.165, 1.54) is 0 Å². The summed E-state index contributed by atoms with van der Waals surface area (Å²) >= 11 is 19.1. The molecule has 0 bridgehead atoms. The number of carbonyl (C=O) groups is 1. The Kier molecular flexibility index (Phi) is 9.21. The Morgan fingerprint density at radius 1 is 1.08 bits per heavy atom. The number of rotatable bonds is 5. The molecule has 2 aliphatic heterocycles. The topological polar surface area (TPSA) is 70.6 Å². The van der Waals surface area contributed by atoms with E-state index in [1.807, 2.05) is 51.7 Å². The highest BCUT2D eigenvalue weighted by Gasteiger charge is 2.34. The number of hydrogen-bond donors (Lipinski definition) is 1. The summed E-state index contributed by atoms with van der Waals surface area (Å²) in [5, 5.41) is 5.11. The van der Waals surface area contributed by atoms with Crippen LogP contribution in [0.3, 0.4) is 0 Å². The fourth-order valence-electron chi connectivity index (χ4n) is 5.38. The number of amides is 1. The van der Waals surface area contributed by atoms with E-state index in [0.29, 0.717) is 38.7 Å². The third kappa shape index (κ3) is 7.16. The van der Waals surface area contributed by atoms with Gasteiger partial charge in [0.05, 0.1) is 11.7 Å². The van der Waals surface area contributed by atoms with Crippen LogP contribution in [0.5, 0.6) is 0 Å². The molecule has 1 aromatic carbocycles. The van der Waals surface area contributed by atoms with Crippen molar-refractivity contribution in [2.24, 2.45) is 11.8 Å². The van der Waals surface area contributed by atoms with Gasteiger partial charge in [0.1, 0.15) is 10.6 Å². The van der Waals surface area contributed by atoms with E-state index in [9.17, 15) is 4.79 Å². The van der Waals surface area contributed by atoms with Crippen molar-refractivity contribution in [2.45, 2.75) is 71.9 Å². The van der Waals surface area contributed by atoms with E-state index in [1.54, 1.807) is 6.07 Å². The van der Waals surface area contributed by atoms with E-state index in [0.717, 1.165) is 63.1 Å². The van der Waals surface area contributed by atoms with Crippen molar-refractivity contribution < 1.29 is 9.53 Å². The zero-order valence-corrected chi connectivity index (χ0v) is 25.1. The summed E-state index contributed by atoms with van der Waals surface area (Å²) < 4.78 is 5.62. The van der Waals surface area contributed by atoms with Crippen LogP contribution in [0.1, 0.15) is 70.7 Å². The third-order valence-electron chi connectivity index (χ3n) is 7.39. The standard InChI is InChI=1S/C28H38Cl3N5O2/c1-17(22-9-8-21(29)15-23(22)30)32-25-24(31)18(2)33-26(34-25)35-13-10-19(11-14-35)20-7-6-12-36(16-20)27(37)38-28(3,4)5/h8-9,15,17,19-20H,6-7,10-14,16H2,1-5H3,(H,32,33,34)/t17-,20?/m1/s1. The Balaban J connectivity index is 1.39. The van der Waals surface area contributed by atoms with E-state index < -0.39 is 5.60 Å². The zero-order chi connectivity index (χ0) is 27.6. The lowest BCUT2D eigenvalue weighted by Gasteiger charge is -2.41. The van der Waals surface area contributed by atoms with Crippen LogP contribution in [0.2, 0.25) is 15.1 Å². The lowest BCUT2D eigenvalue weighted by Crippen LogP contribution is -2.46. The van der Waals surface area contributed by atoms with E-state index in [4.69, 9.17) is 49.5 Å². The predicted octanol–water partition coefficient (Wildman–Crippen LogP) is 7.78. The van der Waals surface area contributed by atoms with Crippen LogP contribution in [0.15, 0.2) is 18.2 Å². The summed E-state index contributed by atoms with van der Waals surface area (Å²) in [6, 6.07) is 5.34. The summed E-state index contributed by atoms with van der Waals surface area (Å²) in [5.74, 6) is 2.33. The number of nitrogens with zero attached hydrogens (tertiary/aromatic N) is 4. The molecule has 2 aliphatic rings. The van der Waals surface area contributed by atoms with Gasteiger partial charge in [0.25, 0.3) is 0 Å². The molecule has 0 aliphatic carbocycles. The van der Waals surface area contributed by atoms with Gasteiger partial charge in [-0.1, -0.05) is 40.9 Å². The minimum absolute atomic E-state index is 0.121. The molecule has 10 heteroatoms. The SMILES string of the molecule is Cc1nc(N2CCC(C3CCCN(C(=O)OC(C)(C)C)C3)CC2)nc(N[C@H](C)c2ccc(Cl)cc2Cl)c1Cl. The number of aromatic nitrogens is 2. The molecule has 2 atom stereocenters. The molecular weight excluding hydrogens is 545 g/mol. The van der Waals surface area contributed by atoms with Gasteiger partial charge in [-0.2, -0.15) is 4.98 Å². The number of aryl methyl sites for hydroxylation is 1. The molecule has 2 saturated heterocycles. The zero-order valence-electron chi connectivity index (χ0n) is 22.9. The summed E-state index contributed by atoms with van der Waals surface area (Å²) in [4.78, 5) is 26.3. The molecule has 4 rings (SSSR count). The number of likely N-dealkylation sites (tertiary alicyclic amines) is 1. The first-order valence-electron chi connectivity index (χ1n) is 13.4. The van der Waals surface area contributed by atoms with Gasteiger partial charge in [-0.3, -0.25) is 0 Å². The first-order chi connectivity index (χ1) is 17.9. The molecule has 1 aromatic heterocycles. The number of anilines is 2. The molecule has 208 valence electrons. The van der Waals surface area contributed by atoms with Crippen LogP contribution in [0.25, 0.3) is 0 Å². The maximum absolute atomic E-state index is 12.6. The maximum atomic E-state index is 12.6. The highest BCUT2D eigenvalue weighted by atomic mass is 35.5. The van der Waals surface area contributed by atoms with Crippen LogP contribution in [0.4, 0.5) is 16.6 Å². The summed E-state index contributed by atoms with van der Waals surface area (Å²) in [6.45, 7) is 12.9. The molecule has 3 heterocycles. The highest BCUT2D eigenvalue weighted by molar-refractivity contribution is 6.35. The second-order valence-corrected chi connectivity index (χ2v) is 12.7. The van der Waals surface area contributed by atoms with Crippen LogP contribution >= 0.6 is 34.8 Å². The van der Waals surface area contributed by atoms with Crippen LogP contribution in [0, 0.1) is 18.8 Å². The molecule has 38 heavy (non-hydrogen) atoms. The van der Waals surface area contributed by atoms with Gasteiger partial charge in [-0.05, 0) is 89.8 Å². The molecule has 2 aromatic rings. The Labute approximate surface area is 241 Å². The second-order valence-electron chi connectivity index (χ2n) is 11.5. The Hall–Kier alpha value is -1.96. The van der Waals surface area contributed by atoms with Crippen LogP contribution < -0.4 is 10.2 Å². The number of ether oxygens (including phenoxy) is 1. The van der Waals surface area contributed by atoms with Crippen LogP contribution in [-0.2, 0) is 4.74 Å². The van der Waals surface area contributed by atoms with Crippen molar-refractivity contribution in [3.8, 4) is 0 Å². The first-order valence-corrected chi connectivity index (χ1v) is 14.5. The maximum Gasteiger partial charge on any atom is 0.410 e. The Morgan fingerprint density at radius 2 is 1.79 bits per heavy atom. The summed E-state index contributed by atoms with van der Waals surface area (Å²) in [6.07, 6.45) is 4.06. The smallest absolute Gasteiger partial charge is 0.410 e. The first kappa shape index (κ1) is 29.0. The van der Waals surface area contributed by atoms with Gasteiger partial charge in [0.15, 0.2) is 5.82 Å². The van der Waals surface area contributed by atoms with Crippen molar-refractivity contribution in [3.63, 3.8) is 0 Å². The number of hydrogen-bond acceptors (Lipinski definition) is 6. The molecule has 7 nitrogen and oxygen atoms in total. The lowest BCUT2D eigenvalue weighted by atomic mass is 9.80. The normalized spacial score (nSPS) is 19.8. The van der Waals surface area contributed by atoms with Crippen molar-refractivity contribution in [1.29, 1.82) is 0 Å². The monoisotopic (exact) mass is 581 g/mol. The minimum atomic E-state index is -0.474. The average Bonchev–Trinajstić information content (AvgIpc) is 2.85. The van der Waals surface area contributed by atoms with Crippen LogP contribution in [-0.4, -0.2) is 52.7 Å². The molecule has 1 amide bonds. The number of carbonyl (C=O) groups excluding carboxylic acids is 1. The third-order valence-corrected chi connectivity index (χ3v) is 8.40. The predicted molar refractivity (Wildman–Crippen MR) is 156 cm³/mol. The van der Waals surface area contributed by atoms with Gasteiger partial charge >= 0.3 is 6.09 Å². The molecular formula is C28H38Cl3N5O2. The molecule has 1 N–H and O–H groups in total. The van der Waals surface area contributed by atoms with Crippen molar-refractivity contribution in [2.75, 3.05) is 36.4 Å².